The molecule has 1 saturated heterocycles. The van der Waals surface area contributed by atoms with E-state index < -0.39 is 16.8 Å². The van der Waals surface area contributed by atoms with E-state index in [0.717, 1.165) is 0 Å². The van der Waals surface area contributed by atoms with Crippen molar-refractivity contribution in [1.82, 2.24) is 4.90 Å². The zero-order valence-electron chi connectivity index (χ0n) is 10.9. The van der Waals surface area contributed by atoms with E-state index >= 15 is 0 Å². The third-order valence-electron chi connectivity index (χ3n) is 3.56. The van der Waals surface area contributed by atoms with Gasteiger partial charge in [-0.25, -0.2) is 0 Å². The summed E-state index contributed by atoms with van der Waals surface area (Å²) in [5.41, 5.74) is 0.455. The number of amides is 1. The van der Waals surface area contributed by atoms with Gasteiger partial charge in [-0.15, -0.1) is 0 Å². The largest absolute Gasteiger partial charge is 0.481 e. The van der Waals surface area contributed by atoms with Gasteiger partial charge in [-0.3, -0.25) is 19.7 Å². The van der Waals surface area contributed by atoms with Gasteiger partial charge >= 0.3 is 5.97 Å². The van der Waals surface area contributed by atoms with Gasteiger partial charge in [-0.2, -0.15) is 0 Å². The van der Waals surface area contributed by atoms with E-state index in [2.05, 4.69) is 0 Å². The van der Waals surface area contributed by atoms with Gasteiger partial charge in [0.15, 0.2) is 0 Å². The van der Waals surface area contributed by atoms with Gasteiger partial charge in [0.2, 0.25) is 0 Å². The number of carbonyl (C=O) groups is 2. The summed E-state index contributed by atoms with van der Waals surface area (Å²) in [4.78, 5) is 35.0. The average molecular weight is 278 g/mol. The molecular weight excluding hydrogens is 264 g/mol. The second kappa shape index (κ2) is 5.28. The van der Waals surface area contributed by atoms with E-state index in [1.807, 2.05) is 0 Å². The summed E-state index contributed by atoms with van der Waals surface area (Å²) in [6, 6.07) is 4.33. The third kappa shape index (κ3) is 2.47. The molecule has 2 rings (SSSR count). The number of rotatable bonds is 3. The minimum absolute atomic E-state index is 0.107. The van der Waals surface area contributed by atoms with Crippen LogP contribution in [0.25, 0.3) is 0 Å². The maximum Gasteiger partial charge on any atom is 0.308 e. The van der Waals surface area contributed by atoms with Gasteiger partial charge in [-0.05, 0) is 19.4 Å². The van der Waals surface area contributed by atoms with Gasteiger partial charge in [0.1, 0.15) is 0 Å². The summed E-state index contributed by atoms with van der Waals surface area (Å²) in [5, 5.41) is 19.8. The van der Waals surface area contributed by atoms with Crippen LogP contribution in [-0.4, -0.2) is 39.9 Å². The second-order valence-corrected chi connectivity index (χ2v) is 4.78. The van der Waals surface area contributed by atoms with Gasteiger partial charge < -0.3 is 10.0 Å². The Labute approximate surface area is 115 Å². The number of nitrogens with zero attached hydrogens (tertiary/aromatic N) is 2. The SMILES string of the molecule is Cc1c(C(=O)N2CCC(C(=O)O)C2)cccc1[N+](=O)[O-]. The molecule has 0 saturated carbocycles. The average Bonchev–Trinajstić information content (AvgIpc) is 2.87. The molecule has 0 aliphatic carbocycles. The number of hydrogen-bond acceptors (Lipinski definition) is 4. The van der Waals surface area contributed by atoms with E-state index in [0.29, 0.717) is 18.5 Å². The Balaban J connectivity index is 2.25. The molecule has 0 spiro atoms. The predicted molar refractivity (Wildman–Crippen MR) is 69.5 cm³/mol. The molecule has 1 atom stereocenters. The van der Waals surface area contributed by atoms with E-state index in [4.69, 9.17) is 5.11 Å². The topological polar surface area (TPSA) is 101 Å². The Morgan fingerprint density at radius 3 is 2.70 bits per heavy atom. The quantitative estimate of drug-likeness (QED) is 0.666. The summed E-state index contributed by atoms with van der Waals surface area (Å²) < 4.78 is 0. The van der Waals surface area contributed by atoms with Crippen LogP contribution in [0.1, 0.15) is 22.3 Å². The molecule has 20 heavy (non-hydrogen) atoms. The molecule has 1 aliphatic rings. The lowest BCUT2D eigenvalue weighted by atomic mass is 10.1. The standard InChI is InChI=1S/C13H14N2O5/c1-8-10(3-2-4-11(8)15(19)20)12(16)14-6-5-9(7-14)13(17)18/h2-4,9H,5-7H2,1H3,(H,17,18). The van der Waals surface area contributed by atoms with Crippen LogP contribution in [0.5, 0.6) is 0 Å². The normalized spacial score (nSPS) is 18.1. The highest BCUT2D eigenvalue weighted by atomic mass is 16.6. The number of benzene rings is 1. The Morgan fingerprint density at radius 2 is 2.15 bits per heavy atom. The van der Waals surface area contributed by atoms with E-state index in [1.54, 1.807) is 0 Å². The summed E-state index contributed by atoms with van der Waals surface area (Å²) in [6.45, 7) is 2.03. The fourth-order valence-electron chi connectivity index (χ4n) is 2.37. The monoisotopic (exact) mass is 278 g/mol. The minimum Gasteiger partial charge on any atom is -0.481 e. The molecule has 1 unspecified atom stereocenters. The van der Waals surface area contributed by atoms with Crippen LogP contribution < -0.4 is 0 Å². The van der Waals surface area contributed by atoms with E-state index in [9.17, 15) is 19.7 Å². The summed E-state index contributed by atoms with van der Waals surface area (Å²) in [5.74, 6) is -1.83. The van der Waals surface area contributed by atoms with E-state index in [-0.39, 0.29) is 23.7 Å². The lowest BCUT2D eigenvalue weighted by molar-refractivity contribution is -0.385. The Kier molecular flexibility index (Phi) is 3.69. The van der Waals surface area contributed by atoms with Crippen LogP contribution in [-0.2, 0) is 4.79 Å². The fraction of sp³-hybridized carbons (Fsp3) is 0.385. The Hall–Kier alpha value is -2.44. The van der Waals surface area contributed by atoms with Crippen LogP contribution in [0, 0.1) is 23.0 Å². The van der Waals surface area contributed by atoms with Gasteiger partial charge in [0, 0.05) is 30.3 Å². The number of carboxylic acids is 1. The lowest BCUT2D eigenvalue weighted by Crippen LogP contribution is -2.30. The molecule has 1 aromatic rings. The highest BCUT2D eigenvalue weighted by molar-refractivity contribution is 5.97. The van der Waals surface area contributed by atoms with Crippen LogP contribution in [0.4, 0.5) is 5.69 Å². The minimum atomic E-state index is -0.920. The first-order valence-corrected chi connectivity index (χ1v) is 6.18. The first-order chi connectivity index (χ1) is 9.41. The Morgan fingerprint density at radius 1 is 1.45 bits per heavy atom. The predicted octanol–water partition coefficient (Wildman–Crippen LogP) is 1.45. The van der Waals surface area contributed by atoms with Gasteiger partial charge in [0.05, 0.1) is 10.8 Å². The van der Waals surface area contributed by atoms with Gasteiger partial charge in [-0.1, -0.05) is 6.07 Å². The lowest BCUT2D eigenvalue weighted by Gasteiger charge is -2.17. The molecule has 1 heterocycles. The zero-order valence-corrected chi connectivity index (χ0v) is 10.9. The molecule has 1 aromatic carbocycles. The van der Waals surface area contributed by atoms with Crippen molar-refractivity contribution in [1.29, 1.82) is 0 Å². The third-order valence-corrected chi connectivity index (χ3v) is 3.56. The molecule has 7 nitrogen and oxygen atoms in total. The number of aliphatic carboxylic acids is 1. The fourth-order valence-corrected chi connectivity index (χ4v) is 2.37. The number of nitro groups is 1. The van der Waals surface area contributed by atoms with Gasteiger partial charge in [0.25, 0.3) is 11.6 Å². The zero-order chi connectivity index (χ0) is 14.9. The Bertz CT molecular complexity index is 584. The summed E-state index contributed by atoms with van der Waals surface area (Å²) in [6.07, 6.45) is 0.412. The highest BCUT2D eigenvalue weighted by Gasteiger charge is 2.32. The number of hydrogen-bond donors (Lipinski definition) is 1. The number of likely N-dealkylation sites (tertiary alicyclic amines) is 1. The maximum atomic E-state index is 12.3. The molecule has 0 radical (unpaired) electrons. The van der Waals surface area contributed by atoms with Crippen LogP contribution in [0.2, 0.25) is 0 Å². The number of nitro benzene ring substituents is 1. The molecule has 1 N–H and O–H groups in total. The van der Waals surface area contributed by atoms with E-state index in [1.165, 1.54) is 30.0 Å². The van der Waals surface area contributed by atoms with Crippen molar-refractivity contribution in [2.45, 2.75) is 13.3 Å². The van der Waals surface area contributed by atoms with Crippen molar-refractivity contribution in [3.63, 3.8) is 0 Å². The van der Waals surface area contributed by atoms with Crippen molar-refractivity contribution in [2.24, 2.45) is 5.92 Å². The number of carbonyl (C=O) groups excluding carboxylic acids is 1. The smallest absolute Gasteiger partial charge is 0.308 e. The van der Waals surface area contributed by atoms with Crippen molar-refractivity contribution in [2.75, 3.05) is 13.1 Å². The molecular formula is C13H14N2O5. The van der Waals surface area contributed by atoms with Crippen molar-refractivity contribution >= 4 is 17.6 Å². The summed E-state index contributed by atoms with van der Waals surface area (Å²) >= 11 is 0. The van der Waals surface area contributed by atoms with Crippen molar-refractivity contribution in [3.05, 3.63) is 39.4 Å². The maximum absolute atomic E-state index is 12.3. The number of carboxylic acid groups (broad SMARTS) is 1. The first-order valence-electron chi connectivity index (χ1n) is 6.18. The first kappa shape index (κ1) is 14.0. The molecule has 1 fully saturated rings. The molecule has 0 aromatic heterocycles. The van der Waals surface area contributed by atoms with Crippen LogP contribution in [0.15, 0.2) is 18.2 Å². The van der Waals surface area contributed by atoms with Crippen LogP contribution in [0.3, 0.4) is 0 Å². The molecule has 1 amide bonds. The molecule has 0 bridgehead atoms. The second-order valence-electron chi connectivity index (χ2n) is 4.78. The van der Waals surface area contributed by atoms with Crippen molar-refractivity contribution < 1.29 is 19.6 Å². The van der Waals surface area contributed by atoms with Crippen LogP contribution >= 0.6 is 0 Å². The summed E-state index contributed by atoms with van der Waals surface area (Å²) in [7, 11) is 0. The van der Waals surface area contributed by atoms with Crippen molar-refractivity contribution in [3.8, 4) is 0 Å². The highest BCUT2D eigenvalue weighted by Crippen LogP contribution is 2.25. The molecule has 1 aliphatic heterocycles. The molecule has 106 valence electrons. The molecule has 7 heteroatoms.